The topological polar surface area (TPSA) is 92.5 Å². The Morgan fingerprint density at radius 2 is 1.81 bits per heavy atom. The summed E-state index contributed by atoms with van der Waals surface area (Å²) in [5.74, 6) is 0.482. The number of hydrogen-bond acceptors (Lipinski definition) is 4. The first kappa shape index (κ1) is 19.3. The van der Waals surface area contributed by atoms with Crippen LogP contribution >= 0.6 is 0 Å². The molecule has 0 radical (unpaired) electrons. The van der Waals surface area contributed by atoms with E-state index >= 15 is 0 Å². The van der Waals surface area contributed by atoms with E-state index in [4.69, 9.17) is 5.73 Å². The highest BCUT2D eigenvalue weighted by Gasteiger charge is 2.30. The van der Waals surface area contributed by atoms with Crippen molar-refractivity contribution in [3.8, 4) is 0 Å². The number of nitrogens with two attached hydrogens (primary N) is 1. The Hall–Kier alpha value is -1.44. The zero-order valence-corrected chi connectivity index (χ0v) is 16.0. The number of benzene rings is 1. The predicted molar refractivity (Wildman–Crippen MR) is 101 cm³/mol. The van der Waals surface area contributed by atoms with Crippen molar-refractivity contribution >= 4 is 15.9 Å². The summed E-state index contributed by atoms with van der Waals surface area (Å²) in [6.45, 7) is 1.64. The molecule has 1 saturated carbocycles. The van der Waals surface area contributed by atoms with Crippen LogP contribution in [0.25, 0.3) is 0 Å². The van der Waals surface area contributed by atoms with Gasteiger partial charge in [0.2, 0.25) is 15.9 Å². The van der Waals surface area contributed by atoms with E-state index in [1.54, 1.807) is 28.6 Å². The van der Waals surface area contributed by atoms with Gasteiger partial charge in [-0.1, -0.05) is 24.6 Å². The molecule has 1 aliphatic heterocycles. The summed E-state index contributed by atoms with van der Waals surface area (Å²) in [6, 6.07) is 8.71. The number of amides is 1. The van der Waals surface area contributed by atoms with Crippen LogP contribution in [0, 0.1) is 11.8 Å². The quantitative estimate of drug-likeness (QED) is 0.815. The van der Waals surface area contributed by atoms with Gasteiger partial charge in [0.15, 0.2) is 0 Å². The van der Waals surface area contributed by atoms with Gasteiger partial charge >= 0.3 is 0 Å². The maximum absolute atomic E-state index is 12.6. The molecule has 2 aliphatic rings. The molecule has 0 bridgehead atoms. The van der Waals surface area contributed by atoms with Crippen LogP contribution in [0.3, 0.4) is 0 Å². The highest BCUT2D eigenvalue weighted by molar-refractivity contribution is 7.89. The molecule has 1 aliphatic carbocycles. The minimum Gasteiger partial charge on any atom is -0.356 e. The molecule has 1 aromatic carbocycles. The van der Waals surface area contributed by atoms with Crippen LogP contribution in [0.4, 0.5) is 0 Å². The van der Waals surface area contributed by atoms with E-state index in [-0.39, 0.29) is 17.9 Å². The lowest BCUT2D eigenvalue weighted by Crippen LogP contribution is -2.43. The van der Waals surface area contributed by atoms with E-state index < -0.39 is 10.0 Å². The van der Waals surface area contributed by atoms with Crippen LogP contribution in [0.15, 0.2) is 35.2 Å². The molecule has 2 unspecified atom stereocenters. The molecule has 3 rings (SSSR count). The molecule has 2 fully saturated rings. The standard InChI is InChI=1S/C19H29N3O3S/c20-17-6-4-5-16(13-17)19(23)21-14-15-9-11-22(12-10-15)26(24,25)18-7-2-1-3-8-18/h1-3,7-8,15-17H,4-6,9-14,20H2,(H,21,23). The van der Waals surface area contributed by atoms with Gasteiger partial charge in [0, 0.05) is 31.6 Å². The number of rotatable bonds is 5. The summed E-state index contributed by atoms with van der Waals surface area (Å²) < 4.78 is 26.8. The number of piperidine rings is 1. The number of carbonyl (C=O) groups is 1. The van der Waals surface area contributed by atoms with E-state index in [1.165, 1.54) is 0 Å². The van der Waals surface area contributed by atoms with E-state index in [9.17, 15) is 13.2 Å². The fourth-order valence-electron chi connectivity index (χ4n) is 3.95. The number of nitrogens with one attached hydrogen (secondary N) is 1. The summed E-state index contributed by atoms with van der Waals surface area (Å²) in [7, 11) is -3.41. The highest BCUT2D eigenvalue weighted by Crippen LogP contribution is 2.25. The van der Waals surface area contributed by atoms with Crippen LogP contribution < -0.4 is 11.1 Å². The van der Waals surface area contributed by atoms with Gasteiger partial charge in [0.1, 0.15) is 0 Å². The Labute approximate surface area is 156 Å². The maximum atomic E-state index is 12.6. The van der Waals surface area contributed by atoms with Crippen molar-refractivity contribution in [2.75, 3.05) is 19.6 Å². The number of carbonyl (C=O) groups excluding carboxylic acids is 1. The predicted octanol–water partition coefficient (Wildman–Crippen LogP) is 1.72. The first-order chi connectivity index (χ1) is 12.5. The van der Waals surface area contributed by atoms with E-state index in [2.05, 4.69) is 5.32 Å². The molecule has 1 amide bonds. The summed E-state index contributed by atoms with van der Waals surface area (Å²) in [5.41, 5.74) is 5.96. The monoisotopic (exact) mass is 379 g/mol. The van der Waals surface area contributed by atoms with Gasteiger partial charge in [-0.25, -0.2) is 8.42 Å². The Kier molecular flexibility index (Phi) is 6.32. The second-order valence-electron chi connectivity index (χ2n) is 7.53. The molecule has 7 heteroatoms. The van der Waals surface area contributed by atoms with E-state index in [1.807, 2.05) is 6.07 Å². The van der Waals surface area contributed by atoms with Crippen molar-refractivity contribution in [3.63, 3.8) is 0 Å². The number of hydrogen-bond donors (Lipinski definition) is 2. The minimum atomic E-state index is -3.41. The van der Waals surface area contributed by atoms with Gasteiger partial charge in [-0.3, -0.25) is 4.79 Å². The normalized spacial score (nSPS) is 25.7. The van der Waals surface area contributed by atoms with Gasteiger partial charge < -0.3 is 11.1 Å². The van der Waals surface area contributed by atoms with Crippen molar-refractivity contribution in [3.05, 3.63) is 30.3 Å². The lowest BCUT2D eigenvalue weighted by atomic mass is 9.85. The smallest absolute Gasteiger partial charge is 0.243 e. The second-order valence-corrected chi connectivity index (χ2v) is 9.47. The maximum Gasteiger partial charge on any atom is 0.243 e. The van der Waals surface area contributed by atoms with Crippen LogP contribution in [-0.4, -0.2) is 44.3 Å². The fourth-order valence-corrected chi connectivity index (χ4v) is 5.44. The zero-order valence-electron chi connectivity index (χ0n) is 15.1. The second kappa shape index (κ2) is 8.50. The average Bonchev–Trinajstić information content (AvgIpc) is 2.67. The average molecular weight is 380 g/mol. The van der Waals surface area contributed by atoms with Crippen LogP contribution in [0.2, 0.25) is 0 Å². The fraction of sp³-hybridized carbons (Fsp3) is 0.632. The Balaban J connectivity index is 1.46. The lowest BCUT2D eigenvalue weighted by Gasteiger charge is -2.32. The molecule has 3 N–H and O–H groups in total. The molecule has 0 spiro atoms. The molecule has 2 atom stereocenters. The lowest BCUT2D eigenvalue weighted by molar-refractivity contribution is -0.126. The van der Waals surface area contributed by atoms with Crippen molar-refractivity contribution < 1.29 is 13.2 Å². The zero-order chi connectivity index (χ0) is 18.6. The molecule has 1 saturated heterocycles. The van der Waals surface area contributed by atoms with Crippen molar-refractivity contribution in [2.45, 2.75) is 49.5 Å². The summed E-state index contributed by atoms with van der Waals surface area (Å²) >= 11 is 0. The first-order valence-corrected chi connectivity index (χ1v) is 11.0. The third kappa shape index (κ3) is 4.64. The molecular weight excluding hydrogens is 350 g/mol. The third-order valence-corrected chi connectivity index (χ3v) is 7.52. The Morgan fingerprint density at radius 3 is 2.46 bits per heavy atom. The molecular formula is C19H29N3O3S. The summed E-state index contributed by atoms with van der Waals surface area (Å²) in [4.78, 5) is 12.7. The van der Waals surface area contributed by atoms with Crippen LogP contribution in [0.1, 0.15) is 38.5 Å². The van der Waals surface area contributed by atoms with Gasteiger partial charge in [0.05, 0.1) is 4.90 Å². The van der Waals surface area contributed by atoms with Crippen molar-refractivity contribution in [2.24, 2.45) is 17.6 Å². The van der Waals surface area contributed by atoms with Crippen molar-refractivity contribution in [1.82, 2.24) is 9.62 Å². The summed E-state index contributed by atoms with van der Waals surface area (Å²) in [6.07, 6.45) is 5.28. The van der Waals surface area contributed by atoms with Crippen molar-refractivity contribution in [1.29, 1.82) is 0 Å². The molecule has 1 aromatic rings. The molecule has 6 nitrogen and oxygen atoms in total. The number of nitrogens with zero attached hydrogens (tertiary/aromatic N) is 1. The van der Waals surface area contributed by atoms with Crippen LogP contribution in [-0.2, 0) is 14.8 Å². The van der Waals surface area contributed by atoms with E-state index in [0.29, 0.717) is 30.4 Å². The third-order valence-electron chi connectivity index (χ3n) is 5.61. The van der Waals surface area contributed by atoms with Gasteiger partial charge in [-0.2, -0.15) is 4.31 Å². The molecule has 144 valence electrons. The Bertz CT molecular complexity index is 700. The van der Waals surface area contributed by atoms with Crippen LogP contribution in [0.5, 0.6) is 0 Å². The summed E-state index contributed by atoms with van der Waals surface area (Å²) in [5, 5.41) is 3.07. The highest BCUT2D eigenvalue weighted by atomic mass is 32.2. The minimum absolute atomic E-state index is 0.0392. The number of sulfonamides is 1. The van der Waals surface area contributed by atoms with Gasteiger partial charge in [-0.15, -0.1) is 0 Å². The molecule has 26 heavy (non-hydrogen) atoms. The SMILES string of the molecule is NC1CCCC(C(=O)NCC2CCN(S(=O)(=O)c3ccccc3)CC2)C1. The largest absolute Gasteiger partial charge is 0.356 e. The Morgan fingerprint density at radius 1 is 1.12 bits per heavy atom. The molecule has 0 aromatic heterocycles. The van der Waals surface area contributed by atoms with Gasteiger partial charge in [0.25, 0.3) is 0 Å². The molecule has 1 heterocycles. The first-order valence-electron chi connectivity index (χ1n) is 9.55. The van der Waals surface area contributed by atoms with E-state index in [0.717, 1.165) is 38.5 Å². The van der Waals surface area contributed by atoms with Gasteiger partial charge in [-0.05, 0) is 50.2 Å².